The largest absolute Gasteiger partial charge is 0.489 e. The van der Waals surface area contributed by atoms with E-state index in [1.54, 1.807) is 13.0 Å². The Bertz CT molecular complexity index is 4190. The van der Waals surface area contributed by atoms with Gasteiger partial charge in [0.25, 0.3) is 11.4 Å². The Hall–Kier alpha value is -7.75. The Morgan fingerprint density at radius 2 is 0.774 bits per heavy atom. The fraction of sp³-hybridized carbons (Fsp3) is 0.169. The van der Waals surface area contributed by atoms with Crippen LogP contribution in [0.15, 0.2) is 126 Å². The second-order valence-electron chi connectivity index (χ2n) is 20.0. The molecule has 494 valence electrons. The van der Waals surface area contributed by atoms with Gasteiger partial charge in [0, 0.05) is 38.8 Å². The van der Waals surface area contributed by atoms with Gasteiger partial charge in [-0.1, -0.05) is 117 Å². The molecule has 0 unspecified atom stereocenters. The molecule has 1 aliphatic heterocycles. The Kier molecular flexibility index (Phi) is 24.3. The molecule has 0 saturated carbocycles. The highest BCUT2D eigenvalue weighted by Gasteiger charge is 2.41. The van der Waals surface area contributed by atoms with E-state index in [2.05, 4.69) is 4.99 Å². The lowest BCUT2D eigenvalue weighted by molar-refractivity contribution is -0.384. The van der Waals surface area contributed by atoms with Crippen LogP contribution in [0.2, 0.25) is 20.1 Å². The number of rotatable bonds is 6. The van der Waals surface area contributed by atoms with Crippen molar-refractivity contribution in [2.45, 2.75) is 65.0 Å². The van der Waals surface area contributed by atoms with E-state index in [1.807, 2.05) is 22.6 Å². The molecular weight excluding hydrogens is 1470 g/mol. The summed E-state index contributed by atoms with van der Waals surface area (Å²) in [6.45, 7) is 6.14. The van der Waals surface area contributed by atoms with E-state index >= 15 is 0 Å². The number of hydrogen-bond donors (Lipinski definition) is 6. The second kappa shape index (κ2) is 29.7. The molecule has 0 aliphatic carbocycles. The molecule has 34 heteroatoms. The number of aryl methyl sites for hydroxylation is 4. The van der Waals surface area contributed by atoms with Crippen LogP contribution in [0, 0.1) is 51.5 Å². The lowest BCUT2D eigenvalue weighted by Gasteiger charge is -2.16. The number of aliphatic imine (C=N–C) groups is 1. The van der Waals surface area contributed by atoms with Gasteiger partial charge in [-0.2, -0.15) is 65.9 Å². The maximum atomic E-state index is 13.3. The van der Waals surface area contributed by atoms with Crippen molar-refractivity contribution < 1.29 is 85.8 Å². The molecule has 0 fully saturated rings. The second-order valence-corrected chi connectivity index (χ2v) is 22.8. The fourth-order valence-corrected chi connectivity index (χ4v) is 10.0. The normalized spacial score (nSPS) is 12.1. The molecule has 9 rings (SSSR count). The molecule has 0 bridgehead atoms. The van der Waals surface area contributed by atoms with Gasteiger partial charge in [0.1, 0.15) is 17.1 Å². The third-order valence-electron chi connectivity index (χ3n) is 13.0. The third kappa shape index (κ3) is 19.7. The van der Waals surface area contributed by atoms with E-state index in [-0.39, 0.29) is 88.1 Å². The molecule has 0 amide bonds. The monoisotopic (exact) mass is 1510 g/mol. The van der Waals surface area contributed by atoms with Crippen LogP contribution in [0.25, 0.3) is 33.4 Å². The van der Waals surface area contributed by atoms with E-state index in [9.17, 15) is 86.1 Å². The number of benzene rings is 8. The molecule has 0 saturated heterocycles. The van der Waals surface area contributed by atoms with Crippen LogP contribution in [-0.4, -0.2) is 38.9 Å². The minimum atomic E-state index is -4.61. The van der Waals surface area contributed by atoms with Crippen LogP contribution in [0.1, 0.15) is 50.1 Å². The van der Waals surface area contributed by atoms with E-state index < -0.39 is 93.4 Å². The summed E-state index contributed by atoms with van der Waals surface area (Å²) in [4.78, 5) is 23.5. The van der Waals surface area contributed by atoms with Crippen molar-refractivity contribution in [3.05, 3.63) is 215 Å². The van der Waals surface area contributed by atoms with Crippen molar-refractivity contribution in [2.24, 2.45) is 4.99 Å². The first-order chi connectivity index (χ1) is 42.6. The summed E-state index contributed by atoms with van der Waals surface area (Å²) < 4.78 is 195. The number of alkyl halides is 15. The van der Waals surface area contributed by atoms with Gasteiger partial charge in [0.05, 0.1) is 69.3 Å². The van der Waals surface area contributed by atoms with E-state index in [0.29, 0.717) is 30.8 Å². The first-order valence-electron chi connectivity index (χ1n) is 25.6. The minimum Gasteiger partial charge on any atom is -0.423 e. The number of nitrogen functional groups attached to an aromatic ring is 4. The number of nitrogens with zero attached hydrogens (tertiary/aromatic N) is 3. The molecule has 0 aromatic heterocycles. The zero-order valence-electron chi connectivity index (χ0n) is 47.6. The maximum Gasteiger partial charge on any atom is 0.489 e. The summed E-state index contributed by atoms with van der Waals surface area (Å²) in [7, 11) is -2.10. The summed E-state index contributed by atoms with van der Waals surface area (Å²) in [6.07, 6.45) is -23.3. The van der Waals surface area contributed by atoms with E-state index in [0.717, 1.165) is 42.5 Å². The number of hydrogen-bond acceptors (Lipinski definition) is 11. The highest BCUT2D eigenvalue weighted by atomic mass is 127. The molecule has 13 nitrogen and oxygen atoms in total. The summed E-state index contributed by atoms with van der Waals surface area (Å²) in [5.74, 6) is 0. The predicted molar refractivity (Wildman–Crippen MR) is 338 cm³/mol. The zero-order valence-corrected chi connectivity index (χ0v) is 52.8. The van der Waals surface area contributed by atoms with E-state index in [4.69, 9.17) is 79.4 Å². The average molecular weight is 1510 g/mol. The summed E-state index contributed by atoms with van der Waals surface area (Å²) in [5.41, 5.74) is 18.4. The zero-order chi connectivity index (χ0) is 70.5. The molecular formula is C59H44BCl4F15IN7O6. The van der Waals surface area contributed by atoms with Crippen LogP contribution < -0.4 is 28.4 Å². The number of nitro benzene ring substituents is 2. The lowest BCUT2D eigenvalue weighted by Crippen LogP contribution is -2.36. The Balaban J connectivity index is 0.000000216. The number of halogens is 20. The highest BCUT2D eigenvalue weighted by molar-refractivity contribution is 14.1. The fourth-order valence-electron chi connectivity index (χ4n) is 8.58. The van der Waals surface area contributed by atoms with Crippen LogP contribution in [0.4, 0.5) is 106 Å². The van der Waals surface area contributed by atoms with Crippen molar-refractivity contribution in [3.8, 4) is 33.4 Å². The molecule has 93 heavy (non-hydrogen) atoms. The van der Waals surface area contributed by atoms with Crippen molar-refractivity contribution in [3.63, 3.8) is 0 Å². The van der Waals surface area contributed by atoms with Gasteiger partial charge in [-0.15, -0.1) is 0 Å². The van der Waals surface area contributed by atoms with E-state index in [1.165, 1.54) is 93.6 Å². The number of nitrogens with two attached hydrogens (primary N) is 4. The van der Waals surface area contributed by atoms with Crippen molar-refractivity contribution in [1.29, 1.82) is 0 Å². The lowest BCUT2D eigenvalue weighted by atomic mass is 9.76. The molecule has 0 radical (unpaired) electrons. The van der Waals surface area contributed by atoms with Crippen molar-refractivity contribution in [2.75, 3.05) is 22.9 Å². The summed E-state index contributed by atoms with van der Waals surface area (Å²) in [6, 6.07) is 24.7. The number of fused-ring (bicyclic) bond motifs is 1. The summed E-state index contributed by atoms with van der Waals surface area (Å²) in [5, 5.41) is 39.1. The molecule has 8 aromatic carbocycles. The van der Waals surface area contributed by atoms with Crippen molar-refractivity contribution >= 4 is 127 Å². The smallest absolute Gasteiger partial charge is 0.423 e. The SMILES string of the molecule is Cc1ccc(-c2cc(N)c(N)cc2Cl)c(C(F)(F)F)c1.Cc1ccc(-c2cc([N+](=O)[O-])c(N)cc2Cl)c(C(F)(F)F)c1.Cc1ccc(-c2cc3c(cc2Cl)N=C(C(F)(F)F)C3)c(C(F)(F)F)c1.Cc1ccc(B(O)O)c(C(F)(F)F)c1.Nc1cc(Cl)c(I)cc1[N+](=O)[O-]. The van der Waals surface area contributed by atoms with Gasteiger partial charge in [-0.3, -0.25) is 20.2 Å². The Morgan fingerprint density at radius 1 is 0.441 bits per heavy atom. The molecule has 1 aliphatic rings. The van der Waals surface area contributed by atoms with Crippen LogP contribution in [-0.2, 0) is 31.1 Å². The van der Waals surface area contributed by atoms with Gasteiger partial charge in [0.15, 0.2) is 0 Å². The van der Waals surface area contributed by atoms with Gasteiger partial charge >= 0.3 is 38.0 Å². The Morgan fingerprint density at radius 3 is 1.16 bits per heavy atom. The first-order valence-corrected chi connectivity index (χ1v) is 28.2. The average Bonchev–Trinajstić information content (AvgIpc) is 1.76. The quantitative estimate of drug-likeness (QED) is 0.0230. The van der Waals surface area contributed by atoms with Crippen LogP contribution >= 0.6 is 69.0 Å². The molecule has 10 N–H and O–H groups in total. The minimum absolute atomic E-state index is 0.0141. The van der Waals surface area contributed by atoms with Gasteiger partial charge in [0.2, 0.25) is 0 Å². The topological polar surface area (TPSA) is 243 Å². The van der Waals surface area contributed by atoms with Crippen molar-refractivity contribution in [1.82, 2.24) is 0 Å². The van der Waals surface area contributed by atoms with Crippen LogP contribution in [0.5, 0.6) is 0 Å². The first kappa shape index (κ1) is 76.0. The summed E-state index contributed by atoms with van der Waals surface area (Å²) >= 11 is 25.6. The van der Waals surface area contributed by atoms with Gasteiger partial charge < -0.3 is 33.0 Å². The van der Waals surface area contributed by atoms with Gasteiger partial charge in [-0.25, -0.2) is 4.99 Å². The van der Waals surface area contributed by atoms with Crippen LogP contribution in [0.3, 0.4) is 0 Å². The maximum absolute atomic E-state index is 13.3. The molecule has 8 aromatic rings. The predicted octanol–water partition coefficient (Wildman–Crippen LogP) is 19.0. The molecule has 0 spiro atoms. The standard InChI is InChI=1S/C17H10ClF6N.C14H10ClF3N2O2.C14H12ClF3N2.C8H8BF3O2.C6H4ClIN2O2/c1-8-2-3-10(12(4-8)16(19,20)21)11-5-9-6-15(17(22,23)24)25-14(9)7-13(11)18;1-7-2-3-8(10(4-7)14(16,17)18)9-5-13(20(21)22)12(19)6-11(9)15;1-7-2-3-8(10(4-7)14(16,17)18)9-5-12(19)13(20)6-11(9)15;1-5-2-3-7(9(13)14)6(4-5)8(10,11)12;7-3-1-5(9)6(10(11)12)2-4(3)8/h2-5,7H,6H2,1H3;2-6H,19H2,1H3;2-6H,19-20H2,1H3;2-4,13-14H,1H3;1-2H,9H2. The number of nitro groups is 2. The Labute approximate surface area is 551 Å². The number of anilines is 4. The molecule has 0 atom stereocenters. The third-order valence-corrected chi connectivity index (χ3v) is 15.4. The molecule has 1 heterocycles. The van der Waals surface area contributed by atoms with Gasteiger partial charge in [-0.05, 0) is 139 Å². The highest BCUT2D eigenvalue weighted by Crippen LogP contribution is 2.47.